The van der Waals surface area contributed by atoms with Gasteiger partial charge in [-0.15, -0.1) is 11.6 Å². The van der Waals surface area contributed by atoms with Crippen molar-refractivity contribution >= 4 is 28.2 Å². The minimum atomic E-state index is 0.718. The van der Waals surface area contributed by atoms with Crippen LogP contribution in [0, 0.1) is 0 Å². The first kappa shape index (κ1) is 32.8. The summed E-state index contributed by atoms with van der Waals surface area (Å²) in [6.45, 7) is 15.7. The lowest BCUT2D eigenvalue weighted by Gasteiger charge is -2.39. The standard InChI is InChI=1S/C19H29N3.C11H12N2.C8H16ClN/c1-2-6-10-20(9-5-1)11-12-21-13-14-22-18(16-21)15-17-7-3-4-8-19(17)22;1-2-4-11-9(3-1)7-10-8-12-5-6-13(10)11;9-5-8-10-6-3-1-2-4-7-10/h3-4,7-8,18H,1-2,5-6,9-16H2;1-4,7,12H,5-6,8H2;1-8H2. The van der Waals surface area contributed by atoms with Gasteiger partial charge in [-0.1, -0.05) is 62.1 Å². The molecule has 6 nitrogen and oxygen atoms in total. The molecule has 0 amide bonds. The number of fused-ring (bicyclic) bond motifs is 6. The summed E-state index contributed by atoms with van der Waals surface area (Å²) in [6, 6.07) is 20.6. The van der Waals surface area contributed by atoms with Gasteiger partial charge in [0.1, 0.15) is 0 Å². The van der Waals surface area contributed by atoms with Crippen molar-refractivity contribution in [2.24, 2.45) is 0 Å². The van der Waals surface area contributed by atoms with E-state index in [1.807, 2.05) is 0 Å². The van der Waals surface area contributed by atoms with E-state index in [-0.39, 0.29) is 0 Å². The second kappa shape index (κ2) is 17.2. The Kier molecular flexibility index (Phi) is 12.5. The minimum absolute atomic E-state index is 0.718. The zero-order valence-electron chi connectivity index (χ0n) is 27.7. The maximum absolute atomic E-state index is 5.65. The van der Waals surface area contributed by atoms with Gasteiger partial charge in [0.25, 0.3) is 0 Å². The molecule has 3 fully saturated rings. The largest absolute Gasteiger partial charge is 0.365 e. The van der Waals surface area contributed by atoms with Crippen LogP contribution in [0.15, 0.2) is 54.6 Å². The molecule has 1 aromatic heterocycles. The summed E-state index contributed by atoms with van der Waals surface area (Å²) in [4.78, 5) is 10.5. The van der Waals surface area contributed by atoms with E-state index in [4.69, 9.17) is 11.6 Å². The van der Waals surface area contributed by atoms with Crippen LogP contribution < -0.4 is 10.2 Å². The number of para-hydroxylation sites is 2. The second-order valence-electron chi connectivity index (χ2n) is 13.7. The smallest absolute Gasteiger partial charge is 0.0483 e. The Bertz CT molecular complexity index is 1290. The summed E-state index contributed by atoms with van der Waals surface area (Å²) in [5, 5.41) is 4.74. The Morgan fingerprint density at radius 1 is 0.667 bits per heavy atom. The monoisotopic (exact) mass is 632 g/mol. The third-order valence-electron chi connectivity index (χ3n) is 10.6. The van der Waals surface area contributed by atoms with Gasteiger partial charge in [-0.05, 0) is 87.4 Å². The molecule has 5 aliphatic heterocycles. The molecule has 3 aromatic rings. The zero-order valence-corrected chi connectivity index (χ0v) is 28.4. The van der Waals surface area contributed by atoms with Gasteiger partial charge in [0.05, 0.1) is 0 Å². The van der Waals surface area contributed by atoms with Crippen LogP contribution in [0.5, 0.6) is 0 Å². The third-order valence-corrected chi connectivity index (χ3v) is 10.7. The topological polar surface area (TPSA) is 29.9 Å². The number of hydrogen-bond acceptors (Lipinski definition) is 5. The summed E-state index contributed by atoms with van der Waals surface area (Å²) < 4.78 is 2.41. The molecule has 6 heterocycles. The number of benzene rings is 2. The number of aromatic nitrogens is 1. The van der Waals surface area contributed by atoms with E-state index in [0.29, 0.717) is 0 Å². The number of halogens is 1. The fourth-order valence-electron chi connectivity index (χ4n) is 8.04. The molecule has 2 aromatic carbocycles. The van der Waals surface area contributed by atoms with Crippen LogP contribution in [0.25, 0.3) is 10.9 Å². The first-order valence-corrected chi connectivity index (χ1v) is 18.7. The van der Waals surface area contributed by atoms with Gasteiger partial charge in [-0.3, -0.25) is 4.90 Å². The van der Waals surface area contributed by atoms with E-state index in [9.17, 15) is 0 Å². The van der Waals surface area contributed by atoms with Gasteiger partial charge < -0.3 is 24.6 Å². The summed E-state index contributed by atoms with van der Waals surface area (Å²) in [5.74, 6) is 0.792. The van der Waals surface area contributed by atoms with E-state index < -0.39 is 0 Å². The summed E-state index contributed by atoms with van der Waals surface area (Å²) in [6.07, 6.45) is 12.5. The van der Waals surface area contributed by atoms with E-state index in [1.165, 1.54) is 139 Å². The third kappa shape index (κ3) is 9.04. The predicted molar refractivity (Wildman–Crippen MR) is 192 cm³/mol. The highest BCUT2D eigenvalue weighted by atomic mass is 35.5. The highest BCUT2D eigenvalue weighted by Crippen LogP contribution is 2.33. The number of hydrogen-bond donors (Lipinski definition) is 1. The van der Waals surface area contributed by atoms with Crippen LogP contribution in [0.4, 0.5) is 5.69 Å². The van der Waals surface area contributed by atoms with Crippen molar-refractivity contribution in [3.63, 3.8) is 0 Å². The van der Waals surface area contributed by atoms with Gasteiger partial charge >= 0.3 is 0 Å². The van der Waals surface area contributed by atoms with Gasteiger partial charge in [-0.25, -0.2) is 0 Å². The van der Waals surface area contributed by atoms with E-state index in [1.54, 1.807) is 5.56 Å². The Labute approximate surface area is 277 Å². The Morgan fingerprint density at radius 3 is 2.09 bits per heavy atom. The Balaban J connectivity index is 0.000000132. The van der Waals surface area contributed by atoms with Crippen molar-refractivity contribution in [2.75, 3.05) is 82.8 Å². The molecule has 0 aliphatic carbocycles. The zero-order chi connectivity index (χ0) is 30.7. The van der Waals surface area contributed by atoms with Crippen molar-refractivity contribution in [1.29, 1.82) is 0 Å². The molecular formula is C38H57ClN6. The van der Waals surface area contributed by atoms with Crippen LogP contribution in [-0.2, 0) is 19.5 Å². The lowest BCUT2D eigenvalue weighted by molar-refractivity contribution is 0.184. The van der Waals surface area contributed by atoms with Crippen molar-refractivity contribution in [3.8, 4) is 0 Å². The van der Waals surface area contributed by atoms with Crippen LogP contribution in [-0.4, -0.2) is 103 Å². The number of piperazine rings is 1. The second-order valence-corrected chi connectivity index (χ2v) is 14.1. The van der Waals surface area contributed by atoms with Crippen molar-refractivity contribution < 1.29 is 0 Å². The maximum atomic E-state index is 5.65. The molecular weight excluding hydrogens is 576 g/mol. The normalized spacial score (nSPS) is 22.6. The molecule has 1 N–H and O–H groups in total. The molecule has 0 saturated carbocycles. The molecule has 7 heteroatoms. The first-order chi connectivity index (χ1) is 22.3. The van der Waals surface area contributed by atoms with Gasteiger partial charge in [-0.2, -0.15) is 0 Å². The van der Waals surface area contributed by atoms with Crippen molar-refractivity contribution in [3.05, 3.63) is 65.9 Å². The summed E-state index contributed by atoms with van der Waals surface area (Å²) in [7, 11) is 0. The van der Waals surface area contributed by atoms with Crippen molar-refractivity contribution in [2.45, 2.75) is 76.9 Å². The fourth-order valence-corrected chi connectivity index (χ4v) is 8.28. The SMILES string of the molecule is ClCCN1CCCCCC1.c1ccc2c(c1)CC1CN(CCN3CCCCCC3)CCN21.c1ccc2c(c1)cc1n2CCNC1. The van der Waals surface area contributed by atoms with E-state index in [0.717, 1.165) is 38.1 Å². The molecule has 0 spiro atoms. The number of rotatable bonds is 5. The lowest BCUT2D eigenvalue weighted by Crippen LogP contribution is -2.53. The molecule has 45 heavy (non-hydrogen) atoms. The maximum Gasteiger partial charge on any atom is 0.0483 e. The summed E-state index contributed by atoms with van der Waals surface area (Å²) in [5.41, 5.74) is 5.84. The van der Waals surface area contributed by atoms with Gasteiger partial charge in [0.2, 0.25) is 0 Å². The average molecular weight is 633 g/mol. The van der Waals surface area contributed by atoms with Crippen LogP contribution in [0.1, 0.15) is 62.6 Å². The van der Waals surface area contributed by atoms with Gasteiger partial charge in [0, 0.05) is 87.7 Å². The Morgan fingerprint density at radius 2 is 1.33 bits per heavy atom. The van der Waals surface area contributed by atoms with E-state index in [2.05, 4.69) is 84.1 Å². The molecule has 246 valence electrons. The number of likely N-dealkylation sites (tertiary alicyclic amines) is 2. The number of alkyl halides is 1. The molecule has 3 saturated heterocycles. The molecule has 0 radical (unpaired) electrons. The predicted octanol–water partition coefficient (Wildman–Crippen LogP) is 6.46. The molecule has 1 unspecified atom stereocenters. The van der Waals surface area contributed by atoms with Gasteiger partial charge in [0.15, 0.2) is 0 Å². The lowest BCUT2D eigenvalue weighted by atomic mass is 10.1. The average Bonchev–Trinajstić information content (AvgIpc) is 3.36. The highest BCUT2D eigenvalue weighted by Gasteiger charge is 2.33. The number of nitrogens with zero attached hydrogens (tertiary/aromatic N) is 5. The minimum Gasteiger partial charge on any atom is -0.365 e. The fraction of sp³-hybridized carbons (Fsp3) is 0.632. The number of anilines is 1. The van der Waals surface area contributed by atoms with Crippen LogP contribution in [0.2, 0.25) is 0 Å². The molecule has 0 bridgehead atoms. The van der Waals surface area contributed by atoms with Crippen LogP contribution in [0.3, 0.4) is 0 Å². The Hall–Kier alpha value is -2.09. The summed E-state index contributed by atoms with van der Waals surface area (Å²) >= 11 is 5.65. The van der Waals surface area contributed by atoms with Crippen molar-refractivity contribution in [1.82, 2.24) is 24.6 Å². The molecule has 8 rings (SSSR count). The highest BCUT2D eigenvalue weighted by molar-refractivity contribution is 6.18. The molecule has 5 aliphatic rings. The van der Waals surface area contributed by atoms with Crippen LogP contribution >= 0.6 is 11.6 Å². The number of nitrogens with one attached hydrogen (secondary N) is 1. The first-order valence-electron chi connectivity index (χ1n) is 18.1. The molecule has 1 atom stereocenters. The van der Waals surface area contributed by atoms with E-state index >= 15 is 0 Å². The quantitative estimate of drug-likeness (QED) is 0.327.